The zero-order chi connectivity index (χ0) is 10.7. The third-order valence-corrected chi connectivity index (χ3v) is 1.46. The Balaban J connectivity index is 3.44. The summed E-state index contributed by atoms with van der Waals surface area (Å²) in [4.78, 5) is 19.4. The summed E-state index contributed by atoms with van der Waals surface area (Å²) in [6.07, 6.45) is 0. The number of aliphatic hydroxyl groups is 1. The van der Waals surface area contributed by atoms with Crippen LogP contribution in [-0.2, 0) is 4.79 Å². The maximum atomic E-state index is 10.9. The maximum absolute atomic E-state index is 10.9. The van der Waals surface area contributed by atoms with Crippen LogP contribution >= 0.6 is 0 Å². The predicted molar refractivity (Wildman–Crippen MR) is 44.6 cm³/mol. The minimum Gasteiger partial charge on any atom is -0.514 e. The van der Waals surface area contributed by atoms with Crippen LogP contribution in [0.25, 0.3) is 14.5 Å². The fourth-order valence-electron chi connectivity index (χ4n) is 0.865. The molecule has 0 fully saturated rings. The summed E-state index contributed by atoms with van der Waals surface area (Å²) in [5.74, 6) is -2.05. The van der Waals surface area contributed by atoms with Crippen molar-refractivity contribution in [1.82, 2.24) is 5.32 Å². The van der Waals surface area contributed by atoms with Crippen LogP contribution in [-0.4, -0.2) is 11.0 Å². The van der Waals surface area contributed by atoms with Gasteiger partial charge in [-0.2, -0.15) is 9.69 Å². The van der Waals surface area contributed by atoms with Crippen molar-refractivity contribution < 1.29 is 9.90 Å². The van der Waals surface area contributed by atoms with E-state index in [-0.39, 0.29) is 11.4 Å². The highest BCUT2D eigenvalue weighted by Gasteiger charge is 2.33. The lowest BCUT2D eigenvalue weighted by Gasteiger charge is -1.91. The van der Waals surface area contributed by atoms with E-state index in [1.54, 1.807) is 0 Å². The van der Waals surface area contributed by atoms with Crippen LogP contribution in [0.4, 0.5) is 0 Å². The minimum absolute atomic E-state index is 0.215. The van der Waals surface area contributed by atoms with Crippen molar-refractivity contribution in [2.45, 2.75) is 0 Å². The number of hydrogen-bond donors (Lipinski definition) is 2. The number of hydrogen-bond acceptors (Lipinski definition) is 2. The second kappa shape index (κ2) is 3.30. The Bertz CT molecular complexity index is 477. The van der Waals surface area contributed by atoms with Gasteiger partial charge in [-0.3, -0.25) is 4.79 Å². The van der Waals surface area contributed by atoms with E-state index in [1.807, 2.05) is 0 Å². The summed E-state index contributed by atoms with van der Waals surface area (Å²) in [6, 6.07) is 0. The first-order valence-corrected chi connectivity index (χ1v) is 3.27. The Morgan fingerprint density at radius 1 is 1.29 bits per heavy atom. The molecule has 1 aliphatic rings. The third-order valence-electron chi connectivity index (χ3n) is 1.46. The fraction of sp³-hybridized carbons (Fsp3) is 0. The first-order chi connectivity index (χ1) is 6.65. The molecule has 66 valence electrons. The molecule has 0 aromatic heterocycles. The lowest BCUT2D eigenvalue weighted by Crippen LogP contribution is -2.16. The van der Waals surface area contributed by atoms with Crippen molar-refractivity contribution in [3.63, 3.8) is 0 Å². The van der Waals surface area contributed by atoms with Gasteiger partial charge in [0.2, 0.25) is 0 Å². The van der Waals surface area contributed by atoms with Gasteiger partial charge in [-0.15, -0.1) is 0 Å². The summed E-state index contributed by atoms with van der Waals surface area (Å²) in [6.45, 7) is 19.9. The zero-order valence-corrected chi connectivity index (χ0v) is 6.70. The highest BCUT2D eigenvalue weighted by atomic mass is 16.3. The third kappa shape index (κ3) is 1.16. The molecule has 14 heavy (non-hydrogen) atoms. The molecule has 6 heteroatoms. The minimum atomic E-state index is -0.865. The van der Waals surface area contributed by atoms with Gasteiger partial charge in [0.25, 0.3) is 11.6 Å². The molecule has 0 radical (unpaired) electrons. The van der Waals surface area contributed by atoms with E-state index in [9.17, 15) is 4.79 Å². The van der Waals surface area contributed by atoms with Gasteiger partial charge in [-0.25, -0.2) is 4.85 Å². The molecule has 0 aromatic carbocycles. The molecule has 0 spiro atoms. The number of nitrogens with one attached hydrogen (secondary N) is 1. The van der Waals surface area contributed by atoms with Crippen LogP contribution in [0.5, 0.6) is 0 Å². The van der Waals surface area contributed by atoms with Gasteiger partial charge in [0.1, 0.15) is 18.8 Å². The van der Waals surface area contributed by atoms with E-state index in [0.717, 1.165) is 0 Å². The van der Waals surface area contributed by atoms with Gasteiger partial charge in [-0.05, 0) is 0 Å². The fourth-order valence-corrected chi connectivity index (χ4v) is 0.865. The van der Waals surface area contributed by atoms with Crippen molar-refractivity contribution in [3.05, 3.63) is 57.2 Å². The second-order valence-corrected chi connectivity index (χ2v) is 2.19. The van der Waals surface area contributed by atoms with Crippen LogP contribution in [0.2, 0.25) is 0 Å². The van der Waals surface area contributed by atoms with Crippen molar-refractivity contribution in [2.24, 2.45) is 0 Å². The van der Waals surface area contributed by atoms with E-state index in [1.165, 1.54) is 0 Å². The molecule has 1 aliphatic heterocycles. The van der Waals surface area contributed by atoms with Gasteiger partial charge in [0.05, 0.1) is 6.57 Å². The normalized spacial score (nSPS) is 14.1. The Hall–Kier alpha value is -2.78. The van der Waals surface area contributed by atoms with E-state index in [2.05, 4.69) is 19.9 Å². The predicted octanol–water partition coefficient (Wildman–Crippen LogP) is 0.813. The first kappa shape index (κ1) is 9.31. The average Bonchev–Trinajstić information content (AvgIpc) is 2.45. The Morgan fingerprint density at radius 3 is 2.29 bits per heavy atom. The van der Waals surface area contributed by atoms with Gasteiger partial charge in [0, 0.05) is 0 Å². The second-order valence-electron chi connectivity index (χ2n) is 2.19. The van der Waals surface area contributed by atoms with Gasteiger partial charge < -0.3 is 10.4 Å². The molecule has 6 nitrogen and oxygen atoms in total. The monoisotopic (exact) mass is 186 g/mol. The SMILES string of the molecule is [C-]#[N+]C([N+]#[C-])=C1NC(=O)C(O)=C1[N+]#[C-]. The van der Waals surface area contributed by atoms with E-state index in [0.29, 0.717) is 0 Å². The molecule has 1 rings (SSSR count). The maximum Gasteiger partial charge on any atom is 0.532 e. The highest BCUT2D eigenvalue weighted by Crippen LogP contribution is 2.24. The topological polar surface area (TPSA) is 62.4 Å². The van der Waals surface area contributed by atoms with Gasteiger partial charge in [0.15, 0.2) is 5.76 Å². The number of carbonyl (C=O) groups is 1. The van der Waals surface area contributed by atoms with Crippen LogP contribution in [0.15, 0.2) is 23.0 Å². The molecule has 0 saturated heterocycles. The van der Waals surface area contributed by atoms with Crippen LogP contribution in [0, 0.1) is 19.7 Å². The average molecular weight is 186 g/mol. The first-order valence-electron chi connectivity index (χ1n) is 3.27. The smallest absolute Gasteiger partial charge is 0.514 e. The lowest BCUT2D eigenvalue weighted by atomic mass is 10.3. The molecule has 0 aromatic rings. The number of carbonyl (C=O) groups excluding carboxylic acids is 1. The highest BCUT2D eigenvalue weighted by molar-refractivity contribution is 5.98. The molecule has 0 bridgehead atoms. The van der Waals surface area contributed by atoms with E-state index >= 15 is 0 Å². The molecule has 0 aliphatic carbocycles. The van der Waals surface area contributed by atoms with E-state index in [4.69, 9.17) is 24.8 Å². The van der Waals surface area contributed by atoms with Gasteiger partial charge >= 0.3 is 5.82 Å². The van der Waals surface area contributed by atoms with Crippen LogP contribution < -0.4 is 5.32 Å². The quantitative estimate of drug-likeness (QED) is 0.550. The number of rotatable bonds is 0. The zero-order valence-electron chi connectivity index (χ0n) is 6.70. The molecular formula is C8H2N4O2. The number of aliphatic hydroxyl groups excluding tert-OH is 1. The van der Waals surface area contributed by atoms with Crippen LogP contribution in [0.3, 0.4) is 0 Å². The summed E-state index contributed by atoms with van der Waals surface area (Å²) >= 11 is 0. The van der Waals surface area contributed by atoms with Crippen molar-refractivity contribution in [3.8, 4) is 0 Å². The van der Waals surface area contributed by atoms with E-state index < -0.39 is 17.5 Å². The Kier molecular flexibility index (Phi) is 2.20. The largest absolute Gasteiger partial charge is 0.532 e. The van der Waals surface area contributed by atoms with Crippen molar-refractivity contribution in [2.75, 3.05) is 0 Å². The van der Waals surface area contributed by atoms with Crippen molar-refractivity contribution >= 4 is 5.91 Å². The number of nitrogens with zero attached hydrogens (tertiary/aromatic N) is 3. The summed E-state index contributed by atoms with van der Waals surface area (Å²) in [7, 11) is 0. The standard InChI is InChI=1S/C8H2N4O2/c1-9-4-5(7(10-2)11-3)12-8(14)6(4)13/h13H,(H,12,14). The van der Waals surface area contributed by atoms with Crippen molar-refractivity contribution in [1.29, 1.82) is 0 Å². The molecule has 0 atom stereocenters. The molecular weight excluding hydrogens is 184 g/mol. The molecule has 0 unspecified atom stereocenters. The summed E-state index contributed by atoms with van der Waals surface area (Å²) < 4.78 is 0. The molecule has 0 saturated carbocycles. The lowest BCUT2D eigenvalue weighted by molar-refractivity contribution is -0.118. The Morgan fingerprint density at radius 2 is 1.86 bits per heavy atom. The molecule has 1 amide bonds. The molecule has 2 N–H and O–H groups in total. The number of amides is 1. The van der Waals surface area contributed by atoms with Gasteiger partial charge in [-0.1, -0.05) is 0 Å². The Labute approximate surface area is 79.2 Å². The summed E-state index contributed by atoms with van der Waals surface area (Å²) in [5.41, 5.74) is -0.593. The summed E-state index contributed by atoms with van der Waals surface area (Å²) in [5, 5.41) is 11.2. The van der Waals surface area contributed by atoms with Crippen LogP contribution in [0.1, 0.15) is 0 Å². The molecule has 1 heterocycles.